The van der Waals surface area contributed by atoms with Gasteiger partial charge in [0, 0.05) is 15.7 Å². The average molecular weight is 560 g/mol. The van der Waals surface area contributed by atoms with Crippen molar-refractivity contribution in [2.75, 3.05) is 4.90 Å². The van der Waals surface area contributed by atoms with Gasteiger partial charge in [-0.2, -0.15) is 0 Å². The molecule has 0 aromatic heterocycles. The molecule has 5 rings (SSSR count). The molecule has 1 aliphatic heterocycles. The summed E-state index contributed by atoms with van der Waals surface area (Å²) in [6, 6.07) is 31.1. The molecule has 4 aromatic rings. The van der Waals surface area contributed by atoms with Crippen LogP contribution in [0.3, 0.4) is 0 Å². The van der Waals surface area contributed by atoms with Crippen molar-refractivity contribution in [3.63, 3.8) is 0 Å². The van der Waals surface area contributed by atoms with E-state index >= 15 is 0 Å². The molecule has 6 heteroatoms. The van der Waals surface area contributed by atoms with E-state index in [4.69, 9.17) is 4.74 Å². The molecule has 1 amide bonds. The smallest absolute Gasteiger partial charge is 0.233 e. The van der Waals surface area contributed by atoms with Crippen LogP contribution in [0.15, 0.2) is 108 Å². The van der Waals surface area contributed by atoms with Crippen LogP contribution in [0.5, 0.6) is 5.75 Å². The Balaban J connectivity index is 1.42. The number of rotatable bonds is 9. The van der Waals surface area contributed by atoms with Gasteiger partial charge in [0.1, 0.15) is 18.2 Å². The lowest BCUT2D eigenvalue weighted by molar-refractivity contribution is -0.131. The molecule has 1 aliphatic rings. The fourth-order valence-corrected chi connectivity index (χ4v) is 5.20. The molecule has 0 unspecified atom stereocenters. The van der Waals surface area contributed by atoms with E-state index in [9.17, 15) is 14.3 Å². The molecule has 1 N–H and O–H groups in total. The summed E-state index contributed by atoms with van der Waals surface area (Å²) in [5.74, 6) is 0.0534. The predicted octanol–water partition coefficient (Wildman–Crippen LogP) is 7.39. The Bertz CT molecular complexity index is 1350. The normalized spacial score (nSPS) is 17.8. The highest BCUT2D eigenvalue weighted by Gasteiger charge is 2.49. The molecule has 0 saturated carbocycles. The minimum Gasteiger partial charge on any atom is -0.489 e. The summed E-state index contributed by atoms with van der Waals surface area (Å²) in [5.41, 5.74) is 3.44. The van der Waals surface area contributed by atoms with E-state index in [0.717, 1.165) is 21.3 Å². The molecule has 1 heterocycles. The standard InChI is InChI=1S/C31H27BrFNO3/c32-23-13-16-26(29(19-23)37-20-21-7-3-1-4-8-21)30-27(31(36)34(30)25-9-5-2-6-10-25)17-18-28(35)22-11-14-24(33)15-12-22/h1-16,19,27-28,30,35H,17-18,20H2/t27-,28+,30-/m1/s1. The van der Waals surface area contributed by atoms with Crippen LogP contribution in [0.25, 0.3) is 0 Å². The van der Waals surface area contributed by atoms with Crippen molar-refractivity contribution in [1.82, 2.24) is 0 Å². The second kappa shape index (κ2) is 11.3. The fourth-order valence-electron chi connectivity index (χ4n) is 4.86. The summed E-state index contributed by atoms with van der Waals surface area (Å²) in [7, 11) is 0. The minimum atomic E-state index is -0.779. The van der Waals surface area contributed by atoms with Crippen LogP contribution in [0.2, 0.25) is 0 Å². The summed E-state index contributed by atoms with van der Waals surface area (Å²) < 4.78 is 20.5. The lowest BCUT2D eigenvalue weighted by Crippen LogP contribution is -2.55. The number of aliphatic hydroxyl groups excluding tert-OH is 1. The number of hydrogen-bond donors (Lipinski definition) is 1. The van der Waals surface area contributed by atoms with E-state index in [1.54, 1.807) is 12.1 Å². The number of ether oxygens (including phenoxy) is 1. The molecule has 188 valence electrons. The van der Waals surface area contributed by atoms with Gasteiger partial charge in [-0.25, -0.2) is 4.39 Å². The van der Waals surface area contributed by atoms with Crippen LogP contribution in [-0.2, 0) is 11.4 Å². The number of hydrogen-bond acceptors (Lipinski definition) is 3. The van der Waals surface area contributed by atoms with Crippen molar-refractivity contribution < 1.29 is 19.0 Å². The lowest BCUT2D eigenvalue weighted by atomic mass is 9.78. The number of nitrogens with zero attached hydrogens (tertiary/aromatic N) is 1. The number of halogens is 2. The molecule has 3 atom stereocenters. The molecule has 0 radical (unpaired) electrons. The Morgan fingerprint density at radius 3 is 2.30 bits per heavy atom. The average Bonchev–Trinajstić information content (AvgIpc) is 2.92. The monoisotopic (exact) mass is 559 g/mol. The summed E-state index contributed by atoms with van der Waals surface area (Å²) >= 11 is 3.56. The van der Waals surface area contributed by atoms with Crippen LogP contribution in [-0.4, -0.2) is 11.0 Å². The van der Waals surface area contributed by atoms with E-state index < -0.39 is 6.10 Å². The molecule has 4 aromatic carbocycles. The van der Waals surface area contributed by atoms with Gasteiger partial charge in [0.2, 0.25) is 5.91 Å². The highest BCUT2D eigenvalue weighted by Crippen LogP contribution is 2.49. The Morgan fingerprint density at radius 2 is 1.59 bits per heavy atom. The lowest BCUT2D eigenvalue weighted by Gasteiger charge is -2.48. The molecule has 0 spiro atoms. The number of para-hydroxylation sites is 1. The Labute approximate surface area is 224 Å². The zero-order chi connectivity index (χ0) is 25.8. The number of amides is 1. The summed E-state index contributed by atoms with van der Waals surface area (Å²) in [6.07, 6.45) is 0.0934. The third-order valence-corrected chi connectivity index (χ3v) is 7.28. The van der Waals surface area contributed by atoms with E-state index in [-0.39, 0.29) is 23.7 Å². The molecule has 1 fully saturated rings. The second-order valence-corrected chi connectivity index (χ2v) is 10.1. The number of β-lactam (4-membered cyclic amide) rings is 1. The minimum absolute atomic E-state index is 0.0134. The van der Waals surface area contributed by atoms with Crippen molar-refractivity contribution in [2.45, 2.75) is 31.6 Å². The van der Waals surface area contributed by atoms with Crippen molar-refractivity contribution in [3.05, 3.63) is 130 Å². The first kappa shape index (κ1) is 25.2. The molecular weight excluding hydrogens is 533 g/mol. The molecular formula is C31H27BrFNO3. The Morgan fingerprint density at radius 1 is 0.919 bits per heavy atom. The van der Waals surface area contributed by atoms with Crippen molar-refractivity contribution >= 4 is 27.5 Å². The Hall–Kier alpha value is -3.48. The van der Waals surface area contributed by atoms with Crippen LogP contribution in [0, 0.1) is 11.7 Å². The molecule has 37 heavy (non-hydrogen) atoms. The van der Waals surface area contributed by atoms with Crippen molar-refractivity contribution in [3.8, 4) is 5.75 Å². The third kappa shape index (κ3) is 5.60. The van der Waals surface area contributed by atoms with Gasteiger partial charge in [0.15, 0.2) is 0 Å². The number of anilines is 1. The molecule has 1 saturated heterocycles. The fraction of sp³-hybridized carbons (Fsp3) is 0.194. The van der Waals surface area contributed by atoms with Gasteiger partial charge in [-0.05, 0) is 60.4 Å². The molecule has 4 nitrogen and oxygen atoms in total. The van der Waals surface area contributed by atoms with Gasteiger partial charge in [-0.15, -0.1) is 0 Å². The predicted molar refractivity (Wildman–Crippen MR) is 146 cm³/mol. The maximum absolute atomic E-state index is 13.4. The quantitative estimate of drug-likeness (QED) is 0.217. The maximum Gasteiger partial charge on any atom is 0.233 e. The van der Waals surface area contributed by atoms with Crippen LogP contribution in [0.4, 0.5) is 10.1 Å². The zero-order valence-electron chi connectivity index (χ0n) is 20.1. The number of carbonyl (C=O) groups is 1. The second-order valence-electron chi connectivity index (χ2n) is 9.20. The third-order valence-electron chi connectivity index (χ3n) is 6.79. The highest BCUT2D eigenvalue weighted by molar-refractivity contribution is 9.10. The maximum atomic E-state index is 13.4. The van der Waals surface area contributed by atoms with Crippen molar-refractivity contribution in [2.24, 2.45) is 5.92 Å². The SMILES string of the molecule is O=C1[C@H](CC[C@H](O)c2ccc(F)cc2)[C@@H](c2ccc(Br)cc2OCc2ccccc2)N1c1ccccc1. The molecule has 0 aliphatic carbocycles. The molecule has 0 bridgehead atoms. The van der Waals surface area contributed by atoms with Crippen LogP contribution >= 0.6 is 15.9 Å². The van der Waals surface area contributed by atoms with E-state index in [2.05, 4.69) is 15.9 Å². The van der Waals surface area contributed by atoms with E-state index in [1.165, 1.54) is 12.1 Å². The van der Waals surface area contributed by atoms with Gasteiger partial charge >= 0.3 is 0 Å². The first-order chi connectivity index (χ1) is 18.0. The van der Waals surface area contributed by atoms with Crippen LogP contribution in [0.1, 0.15) is 41.7 Å². The number of carbonyl (C=O) groups excluding carboxylic acids is 1. The summed E-state index contributed by atoms with van der Waals surface area (Å²) in [4.78, 5) is 15.3. The van der Waals surface area contributed by atoms with E-state index in [1.807, 2.05) is 83.8 Å². The first-order valence-corrected chi connectivity index (χ1v) is 13.1. The van der Waals surface area contributed by atoms with Gasteiger partial charge < -0.3 is 14.7 Å². The van der Waals surface area contributed by atoms with Crippen molar-refractivity contribution in [1.29, 1.82) is 0 Å². The topological polar surface area (TPSA) is 49.8 Å². The summed E-state index contributed by atoms with van der Waals surface area (Å²) in [5, 5.41) is 10.7. The van der Waals surface area contributed by atoms with Gasteiger partial charge in [-0.3, -0.25) is 4.79 Å². The summed E-state index contributed by atoms with van der Waals surface area (Å²) in [6.45, 7) is 0.407. The Kier molecular flexibility index (Phi) is 7.68. The highest BCUT2D eigenvalue weighted by atomic mass is 79.9. The van der Waals surface area contributed by atoms with Gasteiger partial charge in [0.25, 0.3) is 0 Å². The van der Waals surface area contributed by atoms with E-state index in [0.29, 0.717) is 30.8 Å². The first-order valence-electron chi connectivity index (χ1n) is 12.3. The number of benzene rings is 4. The number of aliphatic hydroxyl groups is 1. The largest absolute Gasteiger partial charge is 0.489 e. The van der Waals surface area contributed by atoms with Gasteiger partial charge in [0.05, 0.1) is 18.1 Å². The van der Waals surface area contributed by atoms with Gasteiger partial charge in [-0.1, -0.05) is 82.7 Å². The van der Waals surface area contributed by atoms with Crippen LogP contribution < -0.4 is 9.64 Å². The zero-order valence-corrected chi connectivity index (χ0v) is 21.7.